The predicted molar refractivity (Wildman–Crippen MR) is 118 cm³/mol. The first kappa shape index (κ1) is 19.9. The summed E-state index contributed by atoms with van der Waals surface area (Å²) in [4.78, 5) is 30.9. The quantitative estimate of drug-likeness (QED) is 0.601. The summed E-state index contributed by atoms with van der Waals surface area (Å²) in [6, 6.07) is 15.3. The smallest absolute Gasteiger partial charge is 0.254 e. The first-order valence-electron chi connectivity index (χ1n) is 9.79. The van der Waals surface area contributed by atoms with Crippen LogP contribution in [0, 0.1) is 5.92 Å². The highest BCUT2D eigenvalue weighted by Crippen LogP contribution is 2.44. The summed E-state index contributed by atoms with van der Waals surface area (Å²) in [6.45, 7) is 5.32. The van der Waals surface area contributed by atoms with E-state index in [9.17, 15) is 9.59 Å². The molecule has 2 amide bonds. The maximum atomic E-state index is 13.5. The molecule has 4 rings (SSSR count). The minimum absolute atomic E-state index is 0.00927. The van der Waals surface area contributed by atoms with Crippen LogP contribution in [0.25, 0.3) is 0 Å². The van der Waals surface area contributed by atoms with Gasteiger partial charge in [-0.25, -0.2) is 0 Å². The van der Waals surface area contributed by atoms with E-state index in [-0.39, 0.29) is 17.9 Å². The predicted octanol–water partition coefficient (Wildman–Crippen LogP) is 5.06. The summed E-state index contributed by atoms with van der Waals surface area (Å²) >= 11 is 3.23. The third-order valence-corrected chi connectivity index (χ3v) is 6.95. The van der Waals surface area contributed by atoms with E-state index < -0.39 is 5.92 Å². The highest BCUT2D eigenvalue weighted by Gasteiger charge is 2.44. The molecule has 2 atom stereocenters. The molecule has 150 valence electrons. The second-order valence-electron chi connectivity index (χ2n) is 7.67. The topological polar surface area (TPSA) is 49.4 Å². The minimum Gasteiger partial charge on any atom is -0.351 e. The van der Waals surface area contributed by atoms with Gasteiger partial charge in [0.1, 0.15) is 0 Å². The summed E-state index contributed by atoms with van der Waals surface area (Å²) in [7, 11) is 0. The average molecular weight is 425 g/mol. The molecule has 0 radical (unpaired) electrons. The molecule has 0 saturated heterocycles. The Morgan fingerprint density at radius 1 is 1.07 bits per heavy atom. The summed E-state index contributed by atoms with van der Waals surface area (Å²) in [5.41, 5.74) is 1.46. The standard InChI is InChI=1S/C23H24N2O2S2/c1-15(2)14-25-21(19-10-6-12-29-19)20(17-8-3-4-9-18(17)23(25)27)22(26)24-13-16-7-5-11-28-16/h3-12,15,20-21H,13-14H2,1-2H3,(H,24,26)/t20-,21+/m0/s1. The Hall–Kier alpha value is -2.44. The van der Waals surface area contributed by atoms with Crippen LogP contribution in [0.4, 0.5) is 0 Å². The normalized spacial score (nSPS) is 18.7. The Morgan fingerprint density at radius 3 is 2.52 bits per heavy atom. The van der Waals surface area contributed by atoms with Gasteiger partial charge in [0.25, 0.3) is 5.91 Å². The highest BCUT2D eigenvalue weighted by atomic mass is 32.1. The van der Waals surface area contributed by atoms with Crippen molar-refractivity contribution in [2.45, 2.75) is 32.4 Å². The van der Waals surface area contributed by atoms with Gasteiger partial charge in [-0.3, -0.25) is 9.59 Å². The minimum atomic E-state index is -0.429. The van der Waals surface area contributed by atoms with Crippen LogP contribution in [-0.2, 0) is 11.3 Å². The number of hydrogen-bond acceptors (Lipinski definition) is 4. The lowest BCUT2D eigenvalue weighted by Gasteiger charge is -2.42. The molecule has 1 aromatic carbocycles. The van der Waals surface area contributed by atoms with Crippen LogP contribution in [0.2, 0.25) is 0 Å². The van der Waals surface area contributed by atoms with Crippen molar-refractivity contribution in [1.82, 2.24) is 10.2 Å². The number of benzene rings is 1. The van der Waals surface area contributed by atoms with Crippen molar-refractivity contribution in [3.8, 4) is 0 Å². The zero-order chi connectivity index (χ0) is 20.4. The van der Waals surface area contributed by atoms with Gasteiger partial charge in [0.15, 0.2) is 0 Å². The molecule has 0 fully saturated rings. The molecule has 0 spiro atoms. The first-order chi connectivity index (χ1) is 14.1. The maximum absolute atomic E-state index is 13.5. The molecule has 6 heteroatoms. The van der Waals surface area contributed by atoms with E-state index in [0.717, 1.165) is 15.3 Å². The molecule has 3 aromatic rings. The van der Waals surface area contributed by atoms with Crippen LogP contribution in [0.3, 0.4) is 0 Å². The Balaban J connectivity index is 1.76. The van der Waals surface area contributed by atoms with E-state index in [1.54, 1.807) is 22.7 Å². The number of fused-ring (bicyclic) bond motifs is 1. The molecule has 3 heterocycles. The van der Waals surface area contributed by atoms with E-state index in [2.05, 4.69) is 19.2 Å². The van der Waals surface area contributed by atoms with Gasteiger partial charge in [0.05, 0.1) is 18.5 Å². The zero-order valence-corrected chi connectivity index (χ0v) is 18.1. The van der Waals surface area contributed by atoms with Gasteiger partial charge >= 0.3 is 0 Å². The van der Waals surface area contributed by atoms with Crippen LogP contribution in [-0.4, -0.2) is 23.3 Å². The van der Waals surface area contributed by atoms with Gasteiger partial charge in [-0.15, -0.1) is 22.7 Å². The molecule has 4 nitrogen and oxygen atoms in total. The number of thiophene rings is 2. The molecule has 2 aromatic heterocycles. The van der Waals surface area contributed by atoms with Crippen molar-refractivity contribution in [2.24, 2.45) is 5.92 Å². The number of carbonyl (C=O) groups is 2. The monoisotopic (exact) mass is 424 g/mol. The lowest BCUT2D eigenvalue weighted by atomic mass is 9.81. The SMILES string of the molecule is CC(C)CN1C(=O)c2ccccc2[C@H](C(=O)NCc2cccs2)[C@H]1c1cccs1. The summed E-state index contributed by atoms with van der Waals surface area (Å²) < 4.78 is 0. The summed E-state index contributed by atoms with van der Waals surface area (Å²) in [6.07, 6.45) is 0. The van der Waals surface area contributed by atoms with E-state index in [1.165, 1.54) is 0 Å². The van der Waals surface area contributed by atoms with Gasteiger partial charge in [0.2, 0.25) is 5.91 Å². The third-order valence-electron chi connectivity index (χ3n) is 5.13. The van der Waals surface area contributed by atoms with Gasteiger partial charge in [-0.2, -0.15) is 0 Å². The largest absolute Gasteiger partial charge is 0.351 e. The third kappa shape index (κ3) is 4.00. The van der Waals surface area contributed by atoms with E-state index in [0.29, 0.717) is 24.6 Å². The first-order valence-corrected chi connectivity index (χ1v) is 11.6. The summed E-state index contributed by atoms with van der Waals surface area (Å²) in [5, 5.41) is 7.13. The van der Waals surface area contributed by atoms with Gasteiger partial charge in [-0.1, -0.05) is 44.2 Å². The Bertz CT molecular complexity index is 980. The molecular formula is C23H24N2O2S2. The number of carbonyl (C=O) groups excluding carboxylic acids is 2. The number of nitrogens with one attached hydrogen (secondary N) is 1. The van der Waals surface area contributed by atoms with Crippen molar-refractivity contribution in [3.63, 3.8) is 0 Å². The van der Waals surface area contributed by atoms with E-state index in [4.69, 9.17) is 0 Å². The van der Waals surface area contributed by atoms with Crippen molar-refractivity contribution in [3.05, 3.63) is 80.2 Å². The molecule has 1 aliphatic heterocycles. The Kier molecular flexibility index (Phi) is 5.83. The zero-order valence-electron chi connectivity index (χ0n) is 16.5. The Morgan fingerprint density at radius 2 is 1.83 bits per heavy atom. The molecular weight excluding hydrogens is 400 g/mol. The number of rotatable bonds is 6. The number of hydrogen-bond donors (Lipinski definition) is 1. The van der Waals surface area contributed by atoms with Crippen molar-refractivity contribution in [1.29, 1.82) is 0 Å². The summed E-state index contributed by atoms with van der Waals surface area (Å²) in [5.74, 6) is -0.150. The molecule has 0 bridgehead atoms. The maximum Gasteiger partial charge on any atom is 0.254 e. The van der Waals surface area contributed by atoms with E-state index in [1.807, 2.05) is 64.2 Å². The molecule has 0 unspecified atom stereocenters. The molecule has 0 saturated carbocycles. The van der Waals surface area contributed by atoms with Crippen LogP contribution in [0.5, 0.6) is 0 Å². The fourth-order valence-electron chi connectivity index (χ4n) is 3.94. The lowest BCUT2D eigenvalue weighted by Crippen LogP contribution is -2.48. The molecule has 29 heavy (non-hydrogen) atoms. The van der Waals surface area contributed by atoms with Crippen LogP contribution in [0.15, 0.2) is 59.3 Å². The molecule has 1 aliphatic rings. The average Bonchev–Trinajstić information content (AvgIpc) is 3.42. The second-order valence-corrected chi connectivity index (χ2v) is 9.69. The number of nitrogens with zero attached hydrogens (tertiary/aromatic N) is 1. The van der Waals surface area contributed by atoms with E-state index >= 15 is 0 Å². The van der Waals surface area contributed by atoms with Gasteiger partial charge < -0.3 is 10.2 Å². The Labute approximate surface area is 179 Å². The second kappa shape index (κ2) is 8.51. The molecule has 0 aliphatic carbocycles. The fraction of sp³-hybridized carbons (Fsp3) is 0.304. The van der Waals surface area contributed by atoms with Gasteiger partial charge in [0, 0.05) is 21.9 Å². The molecule has 1 N–H and O–H groups in total. The lowest BCUT2D eigenvalue weighted by molar-refractivity contribution is -0.124. The van der Waals surface area contributed by atoms with Gasteiger partial charge in [-0.05, 0) is 40.4 Å². The fourth-order valence-corrected chi connectivity index (χ4v) is 5.46. The van der Waals surface area contributed by atoms with Crippen LogP contribution >= 0.6 is 22.7 Å². The van der Waals surface area contributed by atoms with Crippen LogP contribution in [0.1, 0.15) is 51.5 Å². The number of amides is 2. The van der Waals surface area contributed by atoms with Crippen molar-refractivity contribution < 1.29 is 9.59 Å². The van der Waals surface area contributed by atoms with Crippen molar-refractivity contribution in [2.75, 3.05) is 6.54 Å². The highest BCUT2D eigenvalue weighted by molar-refractivity contribution is 7.10. The van der Waals surface area contributed by atoms with Crippen molar-refractivity contribution >= 4 is 34.5 Å². The van der Waals surface area contributed by atoms with Crippen LogP contribution < -0.4 is 5.32 Å².